The number of aryl methyl sites for hydroxylation is 1. The molecule has 2 aromatic heterocycles. The van der Waals surface area contributed by atoms with Gasteiger partial charge in [-0.15, -0.1) is 0 Å². The molecule has 23 heavy (non-hydrogen) atoms. The molecule has 3 rings (SSSR count). The van der Waals surface area contributed by atoms with Gasteiger partial charge >= 0.3 is 0 Å². The number of hydrogen-bond donors (Lipinski definition) is 1. The maximum absolute atomic E-state index is 12.0. The van der Waals surface area contributed by atoms with E-state index in [1.807, 2.05) is 13.0 Å². The van der Waals surface area contributed by atoms with Gasteiger partial charge in [-0.05, 0) is 25.8 Å². The second-order valence-electron chi connectivity index (χ2n) is 6.43. The molecule has 1 atom stereocenters. The van der Waals surface area contributed by atoms with Crippen LogP contribution < -0.4 is 4.90 Å². The molecular weight excluding hydrogens is 314 g/mol. The predicted molar refractivity (Wildman–Crippen MR) is 87.3 cm³/mol. The molecule has 0 aromatic carbocycles. The SMILES string of the molecule is Cc1nccc(N2CCCC(C)(c3[nH]ncc3S(C)(=O)=O)C2)n1. The van der Waals surface area contributed by atoms with E-state index in [1.165, 1.54) is 12.5 Å². The van der Waals surface area contributed by atoms with Gasteiger partial charge in [0.15, 0.2) is 9.84 Å². The molecule has 0 spiro atoms. The lowest BCUT2D eigenvalue weighted by atomic mass is 9.79. The van der Waals surface area contributed by atoms with Gasteiger partial charge in [0.05, 0.1) is 11.9 Å². The summed E-state index contributed by atoms with van der Waals surface area (Å²) in [5.41, 5.74) is 0.377. The molecule has 0 bridgehead atoms. The Labute approximate surface area is 136 Å². The fourth-order valence-corrected chi connectivity index (χ4v) is 4.15. The summed E-state index contributed by atoms with van der Waals surface area (Å²) in [5, 5.41) is 6.89. The van der Waals surface area contributed by atoms with E-state index in [0.717, 1.165) is 31.0 Å². The van der Waals surface area contributed by atoms with Gasteiger partial charge in [-0.25, -0.2) is 18.4 Å². The molecule has 1 saturated heterocycles. The molecule has 1 N–H and O–H groups in total. The largest absolute Gasteiger partial charge is 0.356 e. The van der Waals surface area contributed by atoms with Gasteiger partial charge in [-0.2, -0.15) is 5.10 Å². The highest BCUT2D eigenvalue weighted by atomic mass is 32.2. The first-order chi connectivity index (χ1) is 10.8. The molecule has 1 unspecified atom stereocenters. The summed E-state index contributed by atoms with van der Waals surface area (Å²) in [6.07, 6.45) is 6.24. The average molecular weight is 335 g/mol. The van der Waals surface area contributed by atoms with Gasteiger partial charge in [0.25, 0.3) is 0 Å². The second-order valence-corrected chi connectivity index (χ2v) is 8.41. The number of piperidine rings is 1. The minimum Gasteiger partial charge on any atom is -0.356 e. The van der Waals surface area contributed by atoms with Crippen molar-refractivity contribution in [2.75, 3.05) is 24.2 Å². The zero-order valence-corrected chi connectivity index (χ0v) is 14.4. The normalized spacial score (nSPS) is 22.3. The number of sulfone groups is 1. The van der Waals surface area contributed by atoms with Crippen LogP contribution in [0.3, 0.4) is 0 Å². The fourth-order valence-electron chi connectivity index (χ4n) is 3.25. The monoisotopic (exact) mass is 335 g/mol. The first-order valence-electron chi connectivity index (χ1n) is 7.58. The maximum Gasteiger partial charge on any atom is 0.178 e. The molecule has 0 radical (unpaired) electrons. The Kier molecular flexibility index (Phi) is 3.87. The molecule has 3 heterocycles. The molecule has 2 aromatic rings. The Morgan fingerprint density at radius 3 is 2.87 bits per heavy atom. The quantitative estimate of drug-likeness (QED) is 0.913. The van der Waals surface area contributed by atoms with Crippen LogP contribution in [-0.2, 0) is 15.3 Å². The van der Waals surface area contributed by atoms with Gasteiger partial charge in [-0.1, -0.05) is 6.92 Å². The van der Waals surface area contributed by atoms with Crippen molar-refractivity contribution in [3.05, 3.63) is 30.0 Å². The summed E-state index contributed by atoms with van der Waals surface area (Å²) in [6, 6.07) is 1.89. The standard InChI is InChI=1S/C15H21N5O2S/c1-11-16-7-5-13(18-11)20-8-4-6-15(2,10-20)14-12(9-17-19-14)23(3,21)22/h5,7,9H,4,6,8,10H2,1-3H3,(H,17,19). The maximum atomic E-state index is 12.0. The van der Waals surface area contributed by atoms with Gasteiger partial charge < -0.3 is 4.90 Å². The Morgan fingerprint density at radius 2 is 2.17 bits per heavy atom. The predicted octanol–water partition coefficient (Wildman–Crippen LogP) is 1.47. The zero-order valence-electron chi connectivity index (χ0n) is 13.6. The number of anilines is 1. The number of nitrogens with zero attached hydrogens (tertiary/aromatic N) is 4. The number of hydrogen-bond acceptors (Lipinski definition) is 6. The van der Waals surface area contributed by atoms with Crippen LogP contribution in [0.25, 0.3) is 0 Å². The Hall–Kier alpha value is -1.96. The molecule has 1 aliphatic rings. The minimum absolute atomic E-state index is 0.292. The van der Waals surface area contributed by atoms with Crippen LogP contribution in [0.4, 0.5) is 5.82 Å². The smallest absolute Gasteiger partial charge is 0.178 e. The van der Waals surface area contributed by atoms with E-state index in [-0.39, 0.29) is 5.41 Å². The summed E-state index contributed by atoms with van der Waals surface area (Å²) >= 11 is 0. The highest BCUT2D eigenvalue weighted by Gasteiger charge is 2.38. The minimum atomic E-state index is -3.30. The van der Waals surface area contributed by atoms with Crippen molar-refractivity contribution >= 4 is 15.7 Å². The van der Waals surface area contributed by atoms with Crippen LogP contribution in [0.2, 0.25) is 0 Å². The molecule has 1 fully saturated rings. The number of H-pyrrole nitrogens is 1. The van der Waals surface area contributed by atoms with Crippen LogP contribution in [0.15, 0.2) is 23.4 Å². The molecule has 1 aliphatic heterocycles. The van der Waals surface area contributed by atoms with Crippen molar-refractivity contribution in [2.45, 2.75) is 37.0 Å². The van der Waals surface area contributed by atoms with E-state index >= 15 is 0 Å². The van der Waals surface area contributed by atoms with E-state index in [4.69, 9.17) is 0 Å². The first kappa shape index (κ1) is 15.9. The van der Waals surface area contributed by atoms with Crippen LogP contribution in [0, 0.1) is 6.92 Å². The highest BCUT2D eigenvalue weighted by molar-refractivity contribution is 7.90. The van der Waals surface area contributed by atoms with Crippen molar-refractivity contribution < 1.29 is 8.42 Å². The topological polar surface area (TPSA) is 91.8 Å². The van der Waals surface area contributed by atoms with Gasteiger partial charge in [-0.3, -0.25) is 5.10 Å². The third-order valence-electron chi connectivity index (χ3n) is 4.39. The van der Waals surface area contributed by atoms with Crippen molar-refractivity contribution in [3.8, 4) is 0 Å². The van der Waals surface area contributed by atoms with Crippen LogP contribution in [0.5, 0.6) is 0 Å². The molecule has 7 nitrogen and oxygen atoms in total. The van der Waals surface area contributed by atoms with E-state index in [2.05, 4.69) is 32.0 Å². The number of aromatic amines is 1. The molecule has 8 heteroatoms. The zero-order chi connectivity index (χ0) is 16.7. The summed E-state index contributed by atoms with van der Waals surface area (Å²) in [6.45, 7) is 5.53. The lowest BCUT2D eigenvalue weighted by Gasteiger charge is -2.40. The van der Waals surface area contributed by atoms with E-state index in [1.54, 1.807) is 6.20 Å². The average Bonchev–Trinajstić information content (AvgIpc) is 2.98. The summed E-state index contributed by atoms with van der Waals surface area (Å²) in [4.78, 5) is 11.1. The summed E-state index contributed by atoms with van der Waals surface area (Å²) < 4.78 is 24.0. The first-order valence-corrected chi connectivity index (χ1v) is 9.47. The van der Waals surface area contributed by atoms with Gasteiger partial charge in [0, 0.05) is 31.0 Å². The van der Waals surface area contributed by atoms with Gasteiger partial charge in [0.1, 0.15) is 16.5 Å². The lowest BCUT2D eigenvalue weighted by molar-refractivity contribution is 0.357. The van der Waals surface area contributed by atoms with E-state index in [0.29, 0.717) is 17.1 Å². The highest BCUT2D eigenvalue weighted by Crippen LogP contribution is 2.36. The van der Waals surface area contributed by atoms with E-state index < -0.39 is 9.84 Å². The van der Waals surface area contributed by atoms with Crippen molar-refractivity contribution in [3.63, 3.8) is 0 Å². The van der Waals surface area contributed by atoms with Crippen molar-refractivity contribution in [2.24, 2.45) is 0 Å². The van der Waals surface area contributed by atoms with Crippen molar-refractivity contribution in [1.82, 2.24) is 20.2 Å². The number of rotatable bonds is 3. The number of aromatic nitrogens is 4. The molecular formula is C15H21N5O2S. The number of nitrogens with one attached hydrogen (secondary N) is 1. The van der Waals surface area contributed by atoms with Crippen LogP contribution in [0.1, 0.15) is 31.3 Å². The molecule has 0 saturated carbocycles. The van der Waals surface area contributed by atoms with Crippen molar-refractivity contribution in [1.29, 1.82) is 0 Å². The van der Waals surface area contributed by atoms with Gasteiger partial charge in [0.2, 0.25) is 0 Å². The van der Waals surface area contributed by atoms with E-state index in [9.17, 15) is 8.42 Å². The fraction of sp³-hybridized carbons (Fsp3) is 0.533. The Morgan fingerprint density at radius 1 is 1.39 bits per heavy atom. The lowest BCUT2D eigenvalue weighted by Crippen LogP contribution is -2.45. The van der Waals surface area contributed by atoms with Crippen LogP contribution >= 0.6 is 0 Å². The third kappa shape index (κ3) is 3.08. The van der Waals surface area contributed by atoms with Crippen LogP contribution in [-0.4, -0.2) is 47.9 Å². The Bertz CT molecular complexity index is 817. The molecule has 0 amide bonds. The molecule has 0 aliphatic carbocycles. The Balaban J connectivity index is 1.95. The third-order valence-corrected chi connectivity index (χ3v) is 5.50. The second kappa shape index (κ2) is 5.59. The molecule has 124 valence electrons. The summed E-state index contributed by atoms with van der Waals surface area (Å²) in [7, 11) is -3.30. The summed E-state index contributed by atoms with van der Waals surface area (Å²) in [5.74, 6) is 1.61.